The van der Waals surface area contributed by atoms with Gasteiger partial charge in [0.1, 0.15) is 5.82 Å². The Morgan fingerprint density at radius 1 is 1.10 bits per heavy atom. The van der Waals surface area contributed by atoms with Crippen LogP contribution in [0.1, 0.15) is 12.2 Å². The molecule has 0 fully saturated rings. The Bertz CT molecular complexity index is 968. The molecule has 0 unspecified atom stereocenters. The number of ether oxygens (including phenoxy) is 2. The lowest BCUT2D eigenvalue weighted by Gasteiger charge is -2.13. The Morgan fingerprint density at radius 3 is 2.60 bits per heavy atom. The molecule has 0 spiro atoms. The van der Waals surface area contributed by atoms with E-state index in [1.54, 1.807) is 19.2 Å². The fourth-order valence-corrected chi connectivity index (χ4v) is 3.36. The van der Waals surface area contributed by atoms with Crippen molar-refractivity contribution in [2.45, 2.75) is 19.4 Å². The molecule has 0 aliphatic heterocycles. The van der Waals surface area contributed by atoms with Crippen LogP contribution in [-0.4, -0.2) is 61.3 Å². The van der Waals surface area contributed by atoms with Gasteiger partial charge in [-0.05, 0) is 51.3 Å². The first kappa shape index (κ1) is 21.6. The highest BCUT2D eigenvalue weighted by atomic mass is 16.5. The molecule has 7 heteroatoms. The van der Waals surface area contributed by atoms with Gasteiger partial charge in [-0.2, -0.15) is 0 Å². The fraction of sp³-hybridized carbons (Fsp3) is 0.391. The van der Waals surface area contributed by atoms with Crippen LogP contribution in [0.15, 0.2) is 48.5 Å². The summed E-state index contributed by atoms with van der Waals surface area (Å²) in [6.45, 7) is 2.37. The van der Waals surface area contributed by atoms with Gasteiger partial charge in [0, 0.05) is 19.5 Å². The maximum Gasteiger partial charge on any atom is 0.257 e. The quantitative estimate of drug-likeness (QED) is 0.526. The number of rotatable bonds is 11. The lowest BCUT2D eigenvalue weighted by molar-refractivity contribution is -0.123. The predicted molar refractivity (Wildman–Crippen MR) is 118 cm³/mol. The van der Waals surface area contributed by atoms with Gasteiger partial charge in [0.2, 0.25) is 0 Å². The summed E-state index contributed by atoms with van der Waals surface area (Å²) in [4.78, 5) is 19.2. The number of nitrogens with one attached hydrogen (secondary N) is 1. The van der Waals surface area contributed by atoms with Crippen molar-refractivity contribution < 1.29 is 14.3 Å². The number of methoxy groups -OCH3 is 1. The number of fused-ring (bicyclic) bond motifs is 1. The molecule has 3 rings (SSSR count). The number of aromatic nitrogens is 2. The Labute approximate surface area is 177 Å². The fourth-order valence-electron chi connectivity index (χ4n) is 3.36. The zero-order valence-corrected chi connectivity index (χ0v) is 17.9. The second-order valence-electron chi connectivity index (χ2n) is 7.36. The molecule has 3 aromatic rings. The van der Waals surface area contributed by atoms with Crippen LogP contribution in [-0.2, 0) is 17.8 Å². The van der Waals surface area contributed by atoms with E-state index in [0.717, 1.165) is 36.4 Å². The van der Waals surface area contributed by atoms with Crippen LogP contribution in [0.25, 0.3) is 11.0 Å². The minimum Gasteiger partial charge on any atom is -0.493 e. The normalized spacial score (nSPS) is 11.1. The number of para-hydroxylation sites is 4. The number of hydrogen-bond donors (Lipinski definition) is 1. The number of carbonyl (C=O) groups is 1. The van der Waals surface area contributed by atoms with E-state index in [2.05, 4.69) is 34.9 Å². The van der Waals surface area contributed by atoms with Crippen molar-refractivity contribution >= 4 is 16.9 Å². The molecule has 1 amide bonds. The molecule has 1 heterocycles. The second kappa shape index (κ2) is 10.6. The number of carbonyl (C=O) groups excluding carboxylic acids is 1. The summed E-state index contributed by atoms with van der Waals surface area (Å²) >= 11 is 0. The Balaban J connectivity index is 1.55. The number of imidazole rings is 1. The van der Waals surface area contributed by atoms with Crippen molar-refractivity contribution in [1.29, 1.82) is 0 Å². The van der Waals surface area contributed by atoms with Gasteiger partial charge >= 0.3 is 0 Å². The number of amides is 1. The van der Waals surface area contributed by atoms with Crippen molar-refractivity contribution in [3.05, 3.63) is 54.4 Å². The van der Waals surface area contributed by atoms with Crippen molar-refractivity contribution in [2.24, 2.45) is 0 Å². The van der Waals surface area contributed by atoms with E-state index in [9.17, 15) is 4.79 Å². The average molecular weight is 411 g/mol. The Kier molecular flexibility index (Phi) is 7.68. The molecule has 0 aliphatic carbocycles. The summed E-state index contributed by atoms with van der Waals surface area (Å²) in [7, 11) is 5.73. The molecule has 7 nitrogen and oxygen atoms in total. The van der Waals surface area contributed by atoms with Crippen LogP contribution >= 0.6 is 0 Å². The molecule has 0 aliphatic rings. The molecule has 0 bridgehead atoms. The first-order valence-corrected chi connectivity index (χ1v) is 10.2. The Morgan fingerprint density at radius 2 is 1.83 bits per heavy atom. The summed E-state index contributed by atoms with van der Waals surface area (Å²) in [6, 6.07) is 15.4. The second-order valence-corrected chi connectivity index (χ2v) is 7.36. The third-order valence-corrected chi connectivity index (χ3v) is 4.82. The average Bonchev–Trinajstić information content (AvgIpc) is 3.09. The monoisotopic (exact) mass is 410 g/mol. The first-order valence-electron chi connectivity index (χ1n) is 10.2. The number of benzene rings is 2. The summed E-state index contributed by atoms with van der Waals surface area (Å²) < 4.78 is 13.1. The van der Waals surface area contributed by atoms with Crippen LogP contribution < -0.4 is 14.8 Å². The zero-order chi connectivity index (χ0) is 21.3. The highest BCUT2D eigenvalue weighted by molar-refractivity contribution is 5.78. The molecular weight excluding hydrogens is 380 g/mol. The molecule has 1 N–H and O–H groups in total. The third kappa shape index (κ3) is 5.73. The molecule has 0 atom stereocenters. The molecule has 2 aromatic carbocycles. The van der Waals surface area contributed by atoms with Crippen LogP contribution in [0.5, 0.6) is 11.5 Å². The largest absolute Gasteiger partial charge is 0.493 e. The summed E-state index contributed by atoms with van der Waals surface area (Å²) in [6.07, 6.45) is 1.70. The molecule has 0 radical (unpaired) electrons. The SMILES string of the molecule is COc1ccccc1OCC(=O)NCCc1nc2ccccc2n1CCCN(C)C. The lowest BCUT2D eigenvalue weighted by atomic mass is 10.3. The highest BCUT2D eigenvalue weighted by Gasteiger charge is 2.11. The van der Waals surface area contributed by atoms with Crippen molar-refractivity contribution in [2.75, 3.05) is 40.9 Å². The van der Waals surface area contributed by atoms with Gasteiger partial charge < -0.3 is 24.3 Å². The summed E-state index contributed by atoms with van der Waals surface area (Å²) in [5.74, 6) is 1.98. The van der Waals surface area contributed by atoms with Gasteiger partial charge in [-0.1, -0.05) is 24.3 Å². The van der Waals surface area contributed by atoms with Gasteiger partial charge in [0.25, 0.3) is 5.91 Å². The highest BCUT2D eigenvalue weighted by Crippen LogP contribution is 2.25. The maximum atomic E-state index is 12.2. The number of nitrogens with zero attached hydrogens (tertiary/aromatic N) is 3. The maximum absolute atomic E-state index is 12.2. The molecule has 0 saturated carbocycles. The van der Waals surface area contributed by atoms with E-state index < -0.39 is 0 Å². The van der Waals surface area contributed by atoms with Gasteiger partial charge in [-0.3, -0.25) is 4.79 Å². The van der Waals surface area contributed by atoms with E-state index in [0.29, 0.717) is 24.5 Å². The van der Waals surface area contributed by atoms with E-state index in [4.69, 9.17) is 14.5 Å². The van der Waals surface area contributed by atoms with E-state index in [1.807, 2.05) is 30.3 Å². The zero-order valence-electron chi connectivity index (χ0n) is 17.9. The lowest BCUT2D eigenvalue weighted by Crippen LogP contribution is -2.31. The predicted octanol–water partition coefficient (Wildman–Crippen LogP) is 2.73. The topological polar surface area (TPSA) is 68.6 Å². The molecule has 30 heavy (non-hydrogen) atoms. The van der Waals surface area contributed by atoms with Gasteiger partial charge in [0.05, 0.1) is 18.1 Å². The number of aryl methyl sites for hydroxylation is 1. The molecule has 1 aromatic heterocycles. The van der Waals surface area contributed by atoms with Crippen LogP contribution in [0.3, 0.4) is 0 Å². The Hall–Kier alpha value is -3.06. The van der Waals surface area contributed by atoms with Crippen LogP contribution in [0.2, 0.25) is 0 Å². The van der Waals surface area contributed by atoms with Gasteiger partial charge in [-0.15, -0.1) is 0 Å². The van der Waals surface area contributed by atoms with Gasteiger partial charge in [-0.25, -0.2) is 4.98 Å². The summed E-state index contributed by atoms with van der Waals surface area (Å²) in [5.41, 5.74) is 2.13. The summed E-state index contributed by atoms with van der Waals surface area (Å²) in [5, 5.41) is 2.92. The van der Waals surface area contributed by atoms with Crippen molar-refractivity contribution in [3.63, 3.8) is 0 Å². The van der Waals surface area contributed by atoms with E-state index in [-0.39, 0.29) is 12.5 Å². The van der Waals surface area contributed by atoms with Crippen molar-refractivity contribution in [3.8, 4) is 11.5 Å². The number of hydrogen-bond acceptors (Lipinski definition) is 5. The van der Waals surface area contributed by atoms with E-state index in [1.165, 1.54) is 0 Å². The third-order valence-electron chi connectivity index (χ3n) is 4.82. The molecule has 0 saturated heterocycles. The van der Waals surface area contributed by atoms with Crippen LogP contribution in [0.4, 0.5) is 0 Å². The van der Waals surface area contributed by atoms with Crippen LogP contribution in [0, 0.1) is 0 Å². The molecular formula is C23H30N4O3. The molecule has 160 valence electrons. The minimum absolute atomic E-state index is 0.0559. The smallest absolute Gasteiger partial charge is 0.257 e. The first-order chi connectivity index (χ1) is 14.6. The van der Waals surface area contributed by atoms with E-state index >= 15 is 0 Å². The van der Waals surface area contributed by atoms with Crippen molar-refractivity contribution in [1.82, 2.24) is 19.8 Å². The van der Waals surface area contributed by atoms with Gasteiger partial charge in [0.15, 0.2) is 18.1 Å². The minimum atomic E-state index is -0.170. The standard InChI is InChI=1S/C23H30N4O3/c1-26(2)15-8-16-27-19-10-5-4-9-18(19)25-22(27)13-14-24-23(28)17-30-21-12-7-6-11-20(21)29-3/h4-7,9-12H,8,13-17H2,1-3H3,(H,24,28).